The van der Waals surface area contributed by atoms with Crippen molar-refractivity contribution in [1.29, 1.82) is 0 Å². The molecule has 2 rings (SSSR count). The maximum Gasteiger partial charge on any atom is 0.221 e. The molecule has 0 aliphatic heterocycles. The Morgan fingerprint density at radius 1 is 1.44 bits per heavy atom. The summed E-state index contributed by atoms with van der Waals surface area (Å²) in [6, 6.07) is 0. The number of hydrogen-bond acceptors (Lipinski definition) is 3. The molecule has 1 heterocycles. The van der Waals surface area contributed by atoms with Crippen molar-refractivity contribution in [3.05, 3.63) is 18.7 Å². The number of carbonyl (C=O) groups is 1. The fourth-order valence-corrected chi connectivity index (χ4v) is 2.55. The predicted octanol–water partition coefficient (Wildman–Crippen LogP) is 1.05. The molecular formula is C13H22N4O. The van der Waals surface area contributed by atoms with Crippen LogP contribution >= 0.6 is 0 Å². The second-order valence-corrected chi connectivity index (χ2v) is 5.25. The summed E-state index contributed by atoms with van der Waals surface area (Å²) in [6.45, 7) is 1.58. The van der Waals surface area contributed by atoms with Gasteiger partial charge < -0.3 is 15.6 Å². The average molecular weight is 250 g/mol. The van der Waals surface area contributed by atoms with Crippen LogP contribution in [0.15, 0.2) is 18.7 Å². The molecule has 1 amide bonds. The van der Waals surface area contributed by atoms with E-state index in [2.05, 4.69) is 10.3 Å². The van der Waals surface area contributed by atoms with Crippen LogP contribution in [-0.4, -0.2) is 27.5 Å². The topological polar surface area (TPSA) is 72.9 Å². The summed E-state index contributed by atoms with van der Waals surface area (Å²) in [4.78, 5) is 15.7. The average Bonchev–Trinajstić information content (AvgIpc) is 2.96. The number of rotatable bonds is 6. The van der Waals surface area contributed by atoms with Gasteiger partial charge in [-0.3, -0.25) is 4.79 Å². The maximum atomic E-state index is 11.8. The highest BCUT2D eigenvalue weighted by molar-refractivity contribution is 5.77. The minimum Gasteiger partial charge on any atom is -0.356 e. The van der Waals surface area contributed by atoms with Gasteiger partial charge in [-0.05, 0) is 19.3 Å². The molecule has 1 aromatic rings. The van der Waals surface area contributed by atoms with Crippen LogP contribution in [0, 0.1) is 0 Å². The van der Waals surface area contributed by atoms with Gasteiger partial charge in [-0.1, -0.05) is 12.8 Å². The molecule has 1 aliphatic rings. The lowest BCUT2D eigenvalue weighted by Gasteiger charge is -2.22. The molecule has 0 bridgehead atoms. The van der Waals surface area contributed by atoms with Gasteiger partial charge in [-0.2, -0.15) is 0 Å². The van der Waals surface area contributed by atoms with Crippen LogP contribution in [-0.2, 0) is 11.3 Å². The molecule has 0 spiro atoms. The zero-order valence-corrected chi connectivity index (χ0v) is 10.8. The molecule has 0 radical (unpaired) electrons. The van der Waals surface area contributed by atoms with Crippen molar-refractivity contribution < 1.29 is 4.79 Å². The number of aryl methyl sites for hydroxylation is 1. The third kappa shape index (κ3) is 3.84. The summed E-state index contributed by atoms with van der Waals surface area (Å²) in [7, 11) is 0. The van der Waals surface area contributed by atoms with Crippen LogP contribution in [0.1, 0.15) is 38.5 Å². The Morgan fingerprint density at radius 2 is 2.22 bits per heavy atom. The zero-order chi connectivity index (χ0) is 12.8. The molecule has 3 N–H and O–H groups in total. The molecule has 5 nitrogen and oxygen atoms in total. The first kappa shape index (κ1) is 13.1. The van der Waals surface area contributed by atoms with Gasteiger partial charge in [-0.25, -0.2) is 4.98 Å². The Balaban J connectivity index is 1.60. The lowest BCUT2D eigenvalue weighted by atomic mass is 9.94. The zero-order valence-electron chi connectivity index (χ0n) is 10.8. The van der Waals surface area contributed by atoms with E-state index in [0.29, 0.717) is 13.0 Å². The van der Waals surface area contributed by atoms with Crippen LogP contribution in [0.2, 0.25) is 0 Å². The first-order valence-corrected chi connectivity index (χ1v) is 6.69. The maximum absolute atomic E-state index is 11.8. The number of nitrogens with one attached hydrogen (secondary N) is 1. The summed E-state index contributed by atoms with van der Waals surface area (Å²) >= 11 is 0. The van der Waals surface area contributed by atoms with Crippen LogP contribution in [0.4, 0.5) is 0 Å². The Labute approximate surface area is 108 Å². The van der Waals surface area contributed by atoms with E-state index in [1.165, 1.54) is 0 Å². The highest BCUT2D eigenvalue weighted by Crippen LogP contribution is 2.29. The standard InChI is InChI=1S/C13H22N4O/c14-13(4-1-2-5-13)10-12(18)16-6-3-8-17-9-7-15-11-17/h7,9,11H,1-6,8,10,14H2,(H,16,18). The second-order valence-electron chi connectivity index (χ2n) is 5.25. The predicted molar refractivity (Wildman–Crippen MR) is 69.9 cm³/mol. The highest BCUT2D eigenvalue weighted by atomic mass is 16.1. The number of imidazole rings is 1. The first-order chi connectivity index (χ1) is 8.68. The number of carbonyl (C=O) groups excluding carboxylic acids is 1. The Morgan fingerprint density at radius 3 is 2.89 bits per heavy atom. The fourth-order valence-electron chi connectivity index (χ4n) is 2.55. The molecule has 18 heavy (non-hydrogen) atoms. The molecule has 0 aromatic carbocycles. The van der Waals surface area contributed by atoms with Gasteiger partial charge in [0.25, 0.3) is 0 Å². The summed E-state index contributed by atoms with van der Waals surface area (Å²) < 4.78 is 2.01. The van der Waals surface area contributed by atoms with Crippen molar-refractivity contribution in [1.82, 2.24) is 14.9 Å². The van der Waals surface area contributed by atoms with Gasteiger partial charge in [0.15, 0.2) is 0 Å². The minimum absolute atomic E-state index is 0.0880. The van der Waals surface area contributed by atoms with Crippen molar-refractivity contribution in [2.24, 2.45) is 5.73 Å². The molecular weight excluding hydrogens is 228 g/mol. The molecule has 100 valence electrons. The number of amides is 1. The molecule has 1 aromatic heterocycles. The SMILES string of the molecule is NC1(CC(=O)NCCCn2ccnc2)CCCC1. The summed E-state index contributed by atoms with van der Waals surface area (Å²) in [5.41, 5.74) is 5.93. The summed E-state index contributed by atoms with van der Waals surface area (Å²) in [5, 5.41) is 2.94. The Kier molecular flexibility index (Phi) is 4.36. The Bertz CT molecular complexity index is 368. The molecule has 0 saturated heterocycles. The highest BCUT2D eigenvalue weighted by Gasteiger charge is 2.31. The lowest BCUT2D eigenvalue weighted by molar-refractivity contribution is -0.122. The van der Waals surface area contributed by atoms with Crippen LogP contribution in [0.3, 0.4) is 0 Å². The smallest absolute Gasteiger partial charge is 0.221 e. The summed E-state index contributed by atoms with van der Waals surface area (Å²) in [6.07, 6.45) is 11.1. The largest absolute Gasteiger partial charge is 0.356 e. The van der Waals surface area contributed by atoms with Crippen LogP contribution in [0.5, 0.6) is 0 Å². The van der Waals surface area contributed by atoms with E-state index in [1.54, 1.807) is 12.5 Å². The van der Waals surface area contributed by atoms with Gasteiger partial charge >= 0.3 is 0 Å². The third-order valence-corrected chi connectivity index (χ3v) is 3.59. The van der Waals surface area contributed by atoms with E-state index >= 15 is 0 Å². The monoisotopic (exact) mass is 250 g/mol. The number of hydrogen-bond donors (Lipinski definition) is 2. The number of aromatic nitrogens is 2. The van der Waals surface area contributed by atoms with E-state index in [4.69, 9.17) is 5.73 Å². The molecule has 1 fully saturated rings. The second kappa shape index (κ2) is 6.00. The van der Waals surface area contributed by atoms with Crippen molar-refractivity contribution in [2.75, 3.05) is 6.54 Å². The molecule has 1 aliphatic carbocycles. The fraction of sp³-hybridized carbons (Fsp3) is 0.692. The van der Waals surface area contributed by atoms with Crippen LogP contribution < -0.4 is 11.1 Å². The number of nitrogens with two attached hydrogens (primary N) is 1. The minimum atomic E-state index is -0.242. The Hall–Kier alpha value is -1.36. The van der Waals surface area contributed by atoms with Gasteiger partial charge in [0, 0.05) is 37.4 Å². The molecule has 0 unspecified atom stereocenters. The quantitative estimate of drug-likeness (QED) is 0.741. The van der Waals surface area contributed by atoms with Crippen molar-refractivity contribution in [3.63, 3.8) is 0 Å². The van der Waals surface area contributed by atoms with Gasteiger partial charge in [0.1, 0.15) is 0 Å². The molecule has 0 atom stereocenters. The van der Waals surface area contributed by atoms with E-state index < -0.39 is 0 Å². The third-order valence-electron chi connectivity index (χ3n) is 3.59. The van der Waals surface area contributed by atoms with Crippen molar-refractivity contribution in [2.45, 2.75) is 50.6 Å². The van der Waals surface area contributed by atoms with Crippen molar-refractivity contribution >= 4 is 5.91 Å². The van der Waals surface area contributed by atoms with Gasteiger partial charge in [0.2, 0.25) is 5.91 Å². The lowest BCUT2D eigenvalue weighted by Crippen LogP contribution is -2.42. The van der Waals surface area contributed by atoms with E-state index in [-0.39, 0.29) is 11.4 Å². The van der Waals surface area contributed by atoms with Gasteiger partial charge in [-0.15, -0.1) is 0 Å². The molecule has 1 saturated carbocycles. The van der Waals surface area contributed by atoms with Crippen molar-refractivity contribution in [3.8, 4) is 0 Å². The normalized spacial score (nSPS) is 17.8. The van der Waals surface area contributed by atoms with E-state index in [0.717, 1.165) is 38.6 Å². The van der Waals surface area contributed by atoms with Crippen LogP contribution in [0.25, 0.3) is 0 Å². The first-order valence-electron chi connectivity index (χ1n) is 6.69. The van der Waals surface area contributed by atoms with E-state index in [9.17, 15) is 4.79 Å². The summed E-state index contributed by atoms with van der Waals surface area (Å²) in [5.74, 6) is 0.0880. The number of nitrogens with zero attached hydrogens (tertiary/aromatic N) is 2. The van der Waals surface area contributed by atoms with E-state index in [1.807, 2.05) is 10.8 Å². The molecule has 5 heteroatoms. The van der Waals surface area contributed by atoms with Gasteiger partial charge in [0.05, 0.1) is 6.33 Å².